The molecule has 0 bridgehead atoms. The van der Waals surface area contributed by atoms with Crippen LogP contribution >= 0.6 is 11.3 Å². The average Bonchev–Trinajstić information content (AvgIpc) is 3.36. The Morgan fingerprint density at radius 1 is 1.28 bits per heavy atom. The fourth-order valence-electron chi connectivity index (χ4n) is 3.52. The Bertz CT molecular complexity index is 801. The smallest absolute Gasteiger partial charge is 0.137 e. The summed E-state index contributed by atoms with van der Waals surface area (Å²) in [5.74, 6) is 1.07. The van der Waals surface area contributed by atoms with Gasteiger partial charge in [0.05, 0.1) is 10.6 Å². The molecule has 4 rings (SSSR count). The highest BCUT2D eigenvalue weighted by Crippen LogP contribution is 2.32. The Morgan fingerprint density at radius 2 is 2.12 bits per heavy atom. The fourth-order valence-corrected chi connectivity index (χ4v) is 4.55. The molecule has 1 fully saturated rings. The van der Waals surface area contributed by atoms with Gasteiger partial charge in [0.2, 0.25) is 0 Å². The first-order chi connectivity index (χ1) is 12.2. The third kappa shape index (κ3) is 3.53. The summed E-state index contributed by atoms with van der Waals surface area (Å²) < 4.78 is 1.92. The Balaban J connectivity index is 1.33. The number of thiophene rings is 1. The molecule has 6 nitrogen and oxygen atoms in total. The predicted octanol–water partition coefficient (Wildman–Crippen LogP) is 2.82. The third-order valence-electron chi connectivity index (χ3n) is 5.01. The molecular formula is C18H23N5OS. The summed E-state index contributed by atoms with van der Waals surface area (Å²) in [6.45, 7) is 3.01. The maximum absolute atomic E-state index is 10.6. The number of hydrogen-bond donors (Lipinski definition) is 2. The molecule has 132 valence electrons. The van der Waals surface area contributed by atoms with Gasteiger partial charge in [-0.15, -0.1) is 11.3 Å². The molecule has 0 aromatic carbocycles. The molecule has 7 heteroatoms. The number of nitrogens with one attached hydrogen (secondary N) is 1. The molecule has 3 aromatic heterocycles. The Morgan fingerprint density at radius 3 is 2.80 bits per heavy atom. The predicted molar refractivity (Wildman–Crippen MR) is 98.1 cm³/mol. The molecular weight excluding hydrogens is 334 g/mol. The van der Waals surface area contributed by atoms with Gasteiger partial charge in [0, 0.05) is 37.1 Å². The highest BCUT2D eigenvalue weighted by Gasteiger charge is 2.28. The van der Waals surface area contributed by atoms with Crippen LogP contribution in [0, 0.1) is 5.92 Å². The van der Waals surface area contributed by atoms with E-state index >= 15 is 0 Å². The van der Waals surface area contributed by atoms with Gasteiger partial charge in [-0.25, -0.2) is 4.98 Å². The SMILES string of the molecule is Cn1ccnc1[C@@H](O)C1CCN(Cc2ccc(-c3ccn[nH]3)s2)CC1. The second kappa shape index (κ2) is 7.11. The number of rotatable bonds is 5. The van der Waals surface area contributed by atoms with Gasteiger partial charge in [-0.2, -0.15) is 5.10 Å². The van der Waals surface area contributed by atoms with Crippen LogP contribution in [0.2, 0.25) is 0 Å². The number of aromatic amines is 1. The summed E-state index contributed by atoms with van der Waals surface area (Å²) in [4.78, 5) is 9.37. The first kappa shape index (κ1) is 16.5. The summed E-state index contributed by atoms with van der Waals surface area (Å²) in [7, 11) is 1.94. The van der Waals surface area contributed by atoms with Crippen LogP contribution in [0.15, 0.2) is 36.8 Å². The minimum Gasteiger partial charge on any atom is -0.385 e. The number of nitrogens with zero attached hydrogens (tertiary/aromatic N) is 4. The molecule has 0 unspecified atom stereocenters. The largest absolute Gasteiger partial charge is 0.385 e. The van der Waals surface area contributed by atoms with Crippen LogP contribution in [0.25, 0.3) is 10.6 Å². The van der Waals surface area contributed by atoms with Crippen molar-refractivity contribution in [1.29, 1.82) is 0 Å². The number of piperidine rings is 1. The van der Waals surface area contributed by atoms with Crippen LogP contribution in [0.1, 0.15) is 29.6 Å². The molecule has 0 saturated carbocycles. The van der Waals surface area contributed by atoms with E-state index in [-0.39, 0.29) is 0 Å². The summed E-state index contributed by atoms with van der Waals surface area (Å²) >= 11 is 1.82. The van der Waals surface area contributed by atoms with E-state index in [9.17, 15) is 5.11 Å². The second-order valence-electron chi connectivity index (χ2n) is 6.69. The third-order valence-corrected chi connectivity index (χ3v) is 6.11. The summed E-state index contributed by atoms with van der Waals surface area (Å²) in [6.07, 6.45) is 6.98. The lowest BCUT2D eigenvalue weighted by Crippen LogP contribution is -2.35. The quantitative estimate of drug-likeness (QED) is 0.737. The van der Waals surface area contributed by atoms with Gasteiger partial charge in [-0.05, 0) is 50.0 Å². The number of H-pyrrole nitrogens is 1. The minimum absolute atomic E-state index is 0.293. The van der Waals surface area contributed by atoms with Crippen molar-refractivity contribution in [3.63, 3.8) is 0 Å². The molecule has 0 amide bonds. The molecule has 2 N–H and O–H groups in total. The first-order valence-corrected chi connectivity index (χ1v) is 9.48. The molecule has 1 aliphatic rings. The van der Waals surface area contributed by atoms with Gasteiger partial charge >= 0.3 is 0 Å². The van der Waals surface area contributed by atoms with Gasteiger partial charge in [0.1, 0.15) is 11.9 Å². The van der Waals surface area contributed by atoms with Crippen molar-refractivity contribution in [3.8, 4) is 10.6 Å². The van der Waals surface area contributed by atoms with Crippen molar-refractivity contribution in [1.82, 2.24) is 24.6 Å². The summed E-state index contributed by atoms with van der Waals surface area (Å²) in [6, 6.07) is 6.36. The molecule has 3 aromatic rings. The van der Waals surface area contributed by atoms with Gasteiger partial charge in [-0.1, -0.05) is 0 Å². The van der Waals surface area contributed by atoms with Gasteiger partial charge in [0.25, 0.3) is 0 Å². The zero-order valence-electron chi connectivity index (χ0n) is 14.3. The molecule has 1 atom stereocenters. The van der Waals surface area contributed by atoms with Crippen LogP contribution in [0.4, 0.5) is 0 Å². The molecule has 0 aliphatic carbocycles. The lowest BCUT2D eigenvalue weighted by Gasteiger charge is -2.33. The number of aliphatic hydroxyl groups excluding tert-OH is 1. The lowest BCUT2D eigenvalue weighted by molar-refractivity contribution is 0.0494. The fraction of sp³-hybridized carbons (Fsp3) is 0.444. The molecule has 1 saturated heterocycles. The van der Waals surface area contributed by atoms with E-state index in [0.717, 1.165) is 44.0 Å². The van der Waals surface area contributed by atoms with Crippen molar-refractivity contribution >= 4 is 11.3 Å². The first-order valence-electron chi connectivity index (χ1n) is 8.67. The van der Waals surface area contributed by atoms with Gasteiger partial charge in [0.15, 0.2) is 0 Å². The number of aryl methyl sites for hydroxylation is 1. The van der Waals surface area contributed by atoms with E-state index in [1.807, 2.05) is 35.2 Å². The molecule has 4 heterocycles. The minimum atomic E-state index is -0.462. The van der Waals surface area contributed by atoms with Crippen molar-refractivity contribution < 1.29 is 5.11 Å². The molecule has 0 spiro atoms. The average molecular weight is 357 g/mol. The van der Waals surface area contributed by atoms with Crippen molar-refractivity contribution in [2.24, 2.45) is 13.0 Å². The van der Waals surface area contributed by atoms with Crippen LogP contribution in [-0.4, -0.2) is 42.8 Å². The highest BCUT2D eigenvalue weighted by molar-refractivity contribution is 7.15. The lowest BCUT2D eigenvalue weighted by atomic mass is 9.90. The summed E-state index contributed by atoms with van der Waals surface area (Å²) in [5.41, 5.74) is 1.08. The van der Waals surface area contributed by atoms with E-state index < -0.39 is 6.10 Å². The number of hydrogen-bond acceptors (Lipinski definition) is 5. The van der Waals surface area contributed by atoms with Crippen molar-refractivity contribution in [2.45, 2.75) is 25.5 Å². The number of imidazole rings is 1. The Kier molecular flexibility index (Phi) is 4.70. The molecule has 25 heavy (non-hydrogen) atoms. The van der Waals surface area contributed by atoms with Crippen LogP contribution in [0.3, 0.4) is 0 Å². The second-order valence-corrected chi connectivity index (χ2v) is 7.86. The van der Waals surface area contributed by atoms with Gasteiger partial charge < -0.3 is 9.67 Å². The monoisotopic (exact) mass is 357 g/mol. The van der Waals surface area contributed by atoms with Crippen molar-refractivity contribution in [2.75, 3.05) is 13.1 Å². The van der Waals surface area contributed by atoms with Gasteiger partial charge in [-0.3, -0.25) is 10.00 Å². The Hall–Kier alpha value is -1.96. The Labute approximate surface area is 151 Å². The zero-order chi connectivity index (χ0) is 17.2. The van der Waals surface area contributed by atoms with Crippen LogP contribution in [0.5, 0.6) is 0 Å². The standard InChI is InChI=1S/C18H23N5OS/c1-22-11-8-19-18(22)17(24)13-5-9-23(10-6-13)12-14-2-3-16(25-14)15-4-7-20-21-15/h2-4,7-8,11,13,17,24H,5-6,9-10,12H2,1H3,(H,20,21)/t17-/m0/s1. The zero-order valence-corrected chi connectivity index (χ0v) is 15.1. The normalized spacial score (nSPS) is 17.8. The van der Waals surface area contributed by atoms with Crippen LogP contribution < -0.4 is 0 Å². The molecule has 1 aliphatic heterocycles. The maximum atomic E-state index is 10.6. The van der Waals surface area contributed by atoms with Crippen molar-refractivity contribution in [3.05, 3.63) is 47.5 Å². The van der Waals surface area contributed by atoms with E-state index in [2.05, 4.69) is 32.2 Å². The topological polar surface area (TPSA) is 70.0 Å². The summed E-state index contributed by atoms with van der Waals surface area (Å²) in [5, 5.41) is 17.6. The highest BCUT2D eigenvalue weighted by atomic mass is 32.1. The number of aromatic nitrogens is 4. The van der Waals surface area contributed by atoms with Crippen LogP contribution in [-0.2, 0) is 13.6 Å². The van der Waals surface area contributed by atoms with E-state index in [4.69, 9.17) is 0 Å². The molecule has 0 radical (unpaired) electrons. The maximum Gasteiger partial charge on any atom is 0.137 e. The number of aliphatic hydroxyl groups is 1. The number of likely N-dealkylation sites (tertiary alicyclic amines) is 1. The van der Waals surface area contributed by atoms with E-state index in [1.165, 1.54) is 9.75 Å². The van der Waals surface area contributed by atoms with E-state index in [0.29, 0.717) is 5.92 Å². The van der Waals surface area contributed by atoms with E-state index in [1.54, 1.807) is 12.4 Å².